The number of nitrogens with one attached hydrogen (secondary N) is 1. The minimum Gasteiger partial charge on any atom is -0.314 e. The van der Waals surface area contributed by atoms with Crippen molar-refractivity contribution in [3.8, 4) is 0 Å². The zero-order valence-corrected chi connectivity index (χ0v) is 14.4. The van der Waals surface area contributed by atoms with Crippen LogP contribution in [0.1, 0.15) is 56.3 Å². The van der Waals surface area contributed by atoms with Crippen molar-refractivity contribution in [1.29, 1.82) is 0 Å². The molecule has 0 radical (unpaired) electrons. The van der Waals surface area contributed by atoms with E-state index in [-0.39, 0.29) is 0 Å². The van der Waals surface area contributed by atoms with Crippen molar-refractivity contribution >= 4 is 0 Å². The Labute approximate surface area is 130 Å². The normalized spacial score (nSPS) is 21.7. The second-order valence-corrected chi connectivity index (χ2v) is 7.09. The summed E-state index contributed by atoms with van der Waals surface area (Å²) in [5, 5.41) is 3.60. The Morgan fingerprint density at radius 3 is 2.62 bits per heavy atom. The molecule has 0 spiro atoms. The molecular weight excluding hydrogens is 256 g/mol. The predicted molar refractivity (Wildman–Crippen MR) is 91.8 cm³/mol. The average Bonchev–Trinajstić information content (AvgIpc) is 2.47. The van der Waals surface area contributed by atoms with Gasteiger partial charge in [0.25, 0.3) is 0 Å². The Morgan fingerprint density at radius 1 is 1.19 bits per heavy atom. The fourth-order valence-corrected chi connectivity index (χ4v) is 3.25. The van der Waals surface area contributed by atoms with Crippen molar-refractivity contribution in [1.82, 2.24) is 10.2 Å². The molecule has 1 fully saturated rings. The fourth-order valence-electron chi connectivity index (χ4n) is 3.25. The van der Waals surface area contributed by atoms with Crippen LogP contribution in [0, 0.1) is 19.8 Å². The van der Waals surface area contributed by atoms with Crippen molar-refractivity contribution in [2.45, 2.75) is 59.5 Å². The molecule has 0 bridgehead atoms. The molecule has 21 heavy (non-hydrogen) atoms. The quantitative estimate of drug-likeness (QED) is 0.878. The number of likely N-dealkylation sites (tertiary alicyclic amines) is 1. The molecular formula is C19H32N2. The summed E-state index contributed by atoms with van der Waals surface area (Å²) in [6.45, 7) is 14.9. The number of hydrogen-bond donors (Lipinski definition) is 1. The molecule has 2 unspecified atom stereocenters. The highest BCUT2D eigenvalue weighted by Crippen LogP contribution is 2.27. The summed E-state index contributed by atoms with van der Waals surface area (Å²) in [6, 6.07) is 8.07. The van der Waals surface area contributed by atoms with Gasteiger partial charge >= 0.3 is 0 Å². The third kappa shape index (κ3) is 4.55. The van der Waals surface area contributed by atoms with E-state index in [1.54, 1.807) is 0 Å². The smallest absolute Gasteiger partial charge is 0.0320 e. The summed E-state index contributed by atoms with van der Waals surface area (Å²) in [4.78, 5) is 2.67. The van der Waals surface area contributed by atoms with Crippen LogP contribution in [-0.2, 0) is 0 Å². The van der Waals surface area contributed by atoms with E-state index >= 15 is 0 Å². The van der Waals surface area contributed by atoms with Crippen LogP contribution in [0.2, 0.25) is 0 Å². The van der Waals surface area contributed by atoms with E-state index in [2.05, 4.69) is 63.0 Å². The SMILES string of the molecule is Cc1ccc(C(C)N2CCCC(CNC(C)C)C2)cc1C. The number of nitrogens with zero attached hydrogens (tertiary/aromatic N) is 1. The van der Waals surface area contributed by atoms with Gasteiger partial charge in [-0.3, -0.25) is 4.90 Å². The van der Waals surface area contributed by atoms with E-state index in [9.17, 15) is 0 Å². The third-order valence-corrected chi connectivity index (χ3v) is 4.93. The molecule has 1 aliphatic heterocycles. The third-order valence-electron chi connectivity index (χ3n) is 4.93. The Hall–Kier alpha value is -0.860. The molecule has 1 heterocycles. The highest BCUT2D eigenvalue weighted by atomic mass is 15.2. The molecule has 2 rings (SSSR count). The molecule has 1 aliphatic rings. The average molecular weight is 288 g/mol. The monoisotopic (exact) mass is 288 g/mol. The molecule has 0 aromatic heterocycles. The minimum atomic E-state index is 0.533. The summed E-state index contributed by atoms with van der Waals surface area (Å²) in [6.07, 6.45) is 2.70. The second kappa shape index (κ2) is 7.42. The van der Waals surface area contributed by atoms with E-state index < -0.39 is 0 Å². The molecule has 118 valence electrons. The highest BCUT2D eigenvalue weighted by Gasteiger charge is 2.24. The summed E-state index contributed by atoms with van der Waals surface area (Å²) in [5.41, 5.74) is 4.27. The molecule has 0 aliphatic carbocycles. The van der Waals surface area contributed by atoms with Gasteiger partial charge in [0.2, 0.25) is 0 Å². The van der Waals surface area contributed by atoms with Gasteiger partial charge in [0, 0.05) is 18.6 Å². The molecule has 0 saturated carbocycles. The van der Waals surface area contributed by atoms with Gasteiger partial charge in [-0.1, -0.05) is 32.0 Å². The number of aryl methyl sites for hydroxylation is 2. The maximum atomic E-state index is 3.60. The van der Waals surface area contributed by atoms with Gasteiger partial charge in [-0.25, -0.2) is 0 Å². The Morgan fingerprint density at radius 2 is 1.95 bits per heavy atom. The maximum absolute atomic E-state index is 3.60. The first-order valence-electron chi connectivity index (χ1n) is 8.52. The number of piperidine rings is 1. The highest BCUT2D eigenvalue weighted by molar-refractivity contribution is 5.31. The molecule has 1 aromatic carbocycles. The largest absolute Gasteiger partial charge is 0.314 e. The zero-order chi connectivity index (χ0) is 15.4. The Bertz CT molecular complexity index is 453. The maximum Gasteiger partial charge on any atom is 0.0320 e. The molecule has 1 N–H and O–H groups in total. The minimum absolute atomic E-state index is 0.533. The second-order valence-electron chi connectivity index (χ2n) is 7.09. The van der Waals surface area contributed by atoms with E-state index in [0.29, 0.717) is 12.1 Å². The first kappa shape index (κ1) is 16.5. The van der Waals surface area contributed by atoms with Crippen molar-refractivity contribution in [3.63, 3.8) is 0 Å². The molecule has 2 atom stereocenters. The van der Waals surface area contributed by atoms with Gasteiger partial charge in [-0.05, 0) is 69.3 Å². The van der Waals surface area contributed by atoms with Crippen LogP contribution in [0.4, 0.5) is 0 Å². The van der Waals surface area contributed by atoms with E-state index in [1.807, 2.05) is 0 Å². The van der Waals surface area contributed by atoms with Gasteiger partial charge in [0.1, 0.15) is 0 Å². The van der Waals surface area contributed by atoms with Gasteiger partial charge in [-0.15, -0.1) is 0 Å². The summed E-state index contributed by atoms with van der Waals surface area (Å²) < 4.78 is 0. The van der Waals surface area contributed by atoms with Crippen LogP contribution in [0.5, 0.6) is 0 Å². The lowest BCUT2D eigenvalue weighted by Crippen LogP contribution is -2.42. The lowest BCUT2D eigenvalue weighted by Gasteiger charge is -2.37. The van der Waals surface area contributed by atoms with Gasteiger partial charge < -0.3 is 5.32 Å². The zero-order valence-electron chi connectivity index (χ0n) is 14.4. The Balaban J connectivity index is 1.97. The molecule has 0 amide bonds. The summed E-state index contributed by atoms with van der Waals surface area (Å²) in [5.74, 6) is 0.801. The van der Waals surface area contributed by atoms with Crippen molar-refractivity contribution < 1.29 is 0 Å². The lowest BCUT2D eigenvalue weighted by atomic mass is 9.94. The van der Waals surface area contributed by atoms with Crippen LogP contribution in [-0.4, -0.2) is 30.6 Å². The first-order valence-corrected chi connectivity index (χ1v) is 8.52. The molecule has 2 heteroatoms. The Kier molecular flexibility index (Phi) is 5.83. The first-order chi connectivity index (χ1) is 9.97. The molecule has 2 nitrogen and oxygen atoms in total. The lowest BCUT2D eigenvalue weighted by molar-refractivity contribution is 0.129. The van der Waals surface area contributed by atoms with Crippen LogP contribution < -0.4 is 5.32 Å². The van der Waals surface area contributed by atoms with Gasteiger partial charge in [0.15, 0.2) is 0 Å². The summed E-state index contributed by atoms with van der Waals surface area (Å²) >= 11 is 0. The van der Waals surface area contributed by atoms with Crippen LogP contribution >= 0.6 is 0 Å². The topological polar surface area (TPSA) is 15.3 Å². The summed E-state index contributed by atoms with van der Waals surface area (Å²) in [7, 11) is 0. The van der Waals surface area contributed by atoms with E-state index in [4.69, 9.17) is 0 Å². The molecule has 1 saturated heterocycles. The van der Waals surface area contributed by atoms with Gasteiger partial charge in [0.05, 0.1) is 0 Å². The molecule has 1 aromatic rings. The van der Waals surface area contributed by atoms with Crippen molar-refractivity contribution in [3.05, 3.63) is 34.9 Å². The predicted octanol–water partition coefficient (Wildman–Crippen LogP) is 4.07. The van der Waals surface area contributed by atoms with Crippen LogP contribution in [0.15, 0.2) is 18.2 Å². The van der Waals surface area contributed by atoms with Crippen molar-refractivity contribution in [2.75, 3.05) is 19.6 Å². The number of benzene rings is 1. The standard InChI is InChI=1S/C19H32N2/c1-14(2)20-12-18-7-6-10-21(13-18)17(5)19-9-8-15(3)16(4)11-19/h8-9,11,14,17-18,20H,6-7,10,12-13H2,1-5H3. The van der Waals surface area contributed by atoms with E-state index in [1.165, 1.54) is 42.6 Å². The number of hydrogen-bond acceptors (Lipinski definition) is 2. The number of rotatable bonds is 5. The van der Waals surface area contributed by atoms with Crippen LogP contribution in [0.25, 0.3) is 0 Å². The van der Waals surface area contributed by atoms with Gasteiger partial charge in [-0.2, -0.15) is 0 Å². The fraction of sp³-hybridized carbons (Fsp3) is 0.684. The van der Waals surface area contributed by atoms with Crippen molar-refractivity contribution in [2.24, 2.45) is 5.92 Å². The van der Waals surface area contributed by atoms with Crippen LogP contribution in [0.3, 0.4) is 0 Å². The van der Waals surface area contributed by atoms with E-state index in [0.717, 1.165) is 12.5 Å².